The van der Waals surface area contributed by atoms with E-state index in [1.165, 1.54) is 11.3 Å². The van der Waals surface area contributed by atoms with Gasteiger partial charge in [0.1, 0.15) is 22.5 Å². The SMILES string of the molecule is O=C1Oc2ccc3[nH]c(-c4cscn4)nc3c21. The quantitative estimate of drug-likeness (QED) is 0.665. The standard InChI is InChI=1S/C11H5N3O2S/c15-11-8-7(16-11)2-1-5-9(8)14-10(13-5)6-3-17-4-12-6/h1-4H,(H,13,14). The zero-order valence-corrected chi connectivity index (χ0v) is 9.25. The Balaban J connectivity index is 2.02. The van der Waals surface area contributed by atoms with E-state index in [1.54, 1.807) is 11.6 Å². The lowest BCUT2D eigenvalue weighted by Gasteiger charge is -2.16. The van der Waals surface area contributed by atoms with Crippen LogP contribution < -0.4 is 4.74 Å². The number of carbonyl (C=O) groups excluding carboxylic acids is 1. The van der Waals surface area contributed by atoms with Crippen LogP contribution in [0.25, 0.3) is 22.6 Å². The van der Waals surface area contributed by atoms with Gasteiger partial charge in [0.05, 0.1) is 11.0 Å². The van der Waals surface area contributed by atoms with Gasteiger partial charge < -0.3 is 9.72 Å². The molecule has 3 heterocycles. The summed E-state index contributed by atoms with van der Waals surface area (Å²) in [6.45, 7) is 0. The molecule has 1 N–H and O–H groups in total. The molecule has 0 aliphatic carbocycles. The third kappa shape index (κ3) is 1.10. The number of imidazole rings is 1. The molecule has 5 nitrogen and oxygen atoms in total. The summed E-state index contributed by atoms with van der Waals surface area (Å²) in [6, 6.07) is 3.62. The summed E-state index contributed by atoms with van der Waals surface area (Å²) in [5.41, 5.74) is 4.56. The summed E-state index contributed by atoms with van der Waals surface area (Å²) in [7, 11) is 0. The lowest BCUT2D eigenvalue weighted by atomic mass is 10.1. The molecular formula is C11H5N3O2S. The number of ether oxygens (including phenoxy) is 1. The predicted molar refractivity (Wildman–Crippen MR) is 62.2 cm³/mol. The summed E-state index contributed by atoms with van der Waals surface area (Å²) in [4.78, 5) is 23.1. The number of rotatable bonds is 1. The number of nitrogens with zero attached hydrogens (tertiary/aromatic N) is 2. The second-order valence-corrected chi connectivity index (χ2v) is 4.40. The summed E-state index contributed by atoms with van der Waals surface area (Å²) in [5.74, 6) is 0.954. The molecule has 2 aromatic heterocycles. The Morgan fingerprint density at radius 1 is 1.35 bits per heavy atom. The van der Waals surface area contributed by atoms with Crippen molar-refractivity contribution in [3.8, 4) is 17.3 Å². The maximum Gasteiger partial charge on any atom is 0.349 e. The minimum absolute atomic E-state index is 0.318. The molecule has 0 fully saturated rings. The number of nitrogens with one attached hydrogen (secondary N) is 1. The Labute approximate surface area is 99.1 Å². The number of thiazole rings is 1. The van der Waals surface area contributed by atoms with Gasteiger partial charge in [-0.1, -0.05) is 0 Å². The number of benzene rings is 1. The van der Waals surface area contributed by atoms with E-state index < -0.39 is 0 Å². The molecule has 0 amide bonds. The zero-order valence-electron chi connectivity index (χ0n) is 8.43. The number of hydrogen-bond donors (Lipinski definition) is 1. The van der Waals surface area contributed by atoms with E-state index in [0.29, 0.717) is 22.7 Å². The molecule has 1 aliphatic rings. The molecule has 4 rings (SSSR count). The molecule has 0 unspecified atom stereocenters. The van der Waals surface area contributed by atoms with Crippen molar-refractivity contribution < 1.29 is 9.53 Å². The minimum Gasteiger partial charge on any atom is -0.422 e. The monoisotopic (exact) mass is 243 g/mol. The molecule has 0 atom stereocenters. The van der Waals surface area contributed by atoms with Crippen LogP contribution in [-0.2, 0) is 0 Å². The average molecular weight is 243 g/mol. The first-order valence-electron chi connectivity index (χ1n) is 4.96. The summed E-state index contributed by atoms with van der Waals surface area (Å²) >= 11 is 1.50. The van der Waals surface area contributed by atoms with Crippen LogP contribution in [0.2, 0.25) is 0 Å². The highest BCUT2D eigenvalue weighted by Crippen LogP contribution is 2.35. The first kappa shape index (κ1) is 8.89. The van der Waals surface area contributed by atoms with Gasteiger partial charge in [-0.2, -0.15) is 0 Å². The highest BCUT2D eigenvalue weighted by molar-refractivity contribution is 7.07. The zero-order chi connectivity index (χ0) is 11.4. The smallest absolute Gasteiger partial charge is 0.349 e. The highest BCUT2D eigenvalue weighted by atomic mass is 32.1. The van der Waals surface area contributed by atoms with Crippen molar-refractivity contribution in [3.05, 3.63) is 28.6 Å². The Morgan fingerprint density at radius 2 is 2.29 bits per heavy atom. The molecule has 6 heteroatoms. The van der Waals surface area contributed by atoms with Gasteiger partial charge in [0.2, 0.25) is 0 Å². The van der Waals surface area contributed by atoms with Crippen molar-refractivity contribution in [3.63, 3.8) is 0 Å². The number of aromatic nitrogens is 3. The van der Waals surface area contributed by atoms with Crippen molar-refractivity contribution in [2.75, 3.05) is 0 Å². The van der Waals surface area contributed by atoms with Gasteiger partial charge in [0, 0.05) is 5.38 Å². The van der Waals surface area contributed by atoms with E-state index in [2.05, 4.69) is 15.0 Å². The normalized spacial score (nSPS) is 13.3. The maximum atomic E-state index is 11.3. The summed E-state index contributed by atoms with van der Waals surface area (Å²) in [6.07, 6.45) is 0. The molecular weight excluding hydrogens is 238 g/mol. The Kier molecular flexibility index (Phi) is 1.53. The van der Waals surface area contributed by atoms with Gasteiger partial charge in [-0.25, -0.2) is 14.8 Å². The van der Waals surface area contributed by atoms with E-state index >= 15 is 0 Å². The van der Waals surface area contributed by atoms with Crippen molar-refractivity contribution in [2.45, 2.75) is 0 Å². The van der Waals surface area contributed by atoms with E-state index in [1.807, 2.05) is 11.4 Å². The van der Waals surface area contributed by atoms with Gasteiger partial charge in [0.15, 0.2) is 5.82 Å². The minimum atomic E-state index is -0.318. The fourth-order valence-corrected chi connectivity index (χ4v) is 2.43. The topological polar surface area (TPSA) is 67.9 Å². The van der Waals surface area contributed by atoms with Crippen molar-refractivity contribution in [2.24, 2.45) is 0 Å². The third-order valence-electron chi connectivity index (χ3n) is 2.70. The number of esters is 1. The predicted octanol–water partition coefficient (Wildman–Crippen LogP) is 2.22. The highest BCUT2D eigenvalue weighted by Gasteiger charge is 2.30. The van der Waals surface area contributed by atoms with Gasteiger partial charge in [-0.3, -0.25) is 0 Å². The van der Waals surface area contributed by atoms with Crippen LogP contribution in [0.4, 0.5) is 0 Å². The van der Waals surface area contributed by atoms with E-state index in [0.717, 1.165) is 11.2 Å². The molecule has 17 heavy (non-hydrogen) atoms. The number of aromatic amines is 1. The van der Waals surface area contributed by atoms with Crippen LogP contribution >= 0.6 is 11.3 Å². The second-order valence-electron chi connectivity index (χ2n) is 3.68. The molecule has 1 aliphatic heterocycles. The van der Waals surface area contributed by atoms with Crippen LogP contribution in [0.1, 0.15) is 10.4 Å². The summed E-state index contributed by atoms with van der Waals surface area (Å²) < 4.78 is 4.89. The molecule has 0 saturated carbocycles. The Morgan fingerprint density at radius 3 is 3.06 bits per heavy atom. The Hall–Kier alpha value is -2.21. The molecule has 3 aromatic rings. The number of hydrogen-bond acceptors (Lipinski definition) is 5. The van der Waals surface area contributed by atoms with Crippen molar-refractivity contribution >= 4 is 28.3 Å². The first-order chi connectivity index (χ1) is 8.33. The largest absolute Gasteiger partial charge is 0.422 e. The van der Waals surface area contributed by atoms with Crippen LogP contribution in [-0.4, -0.2) is 20.9 Å². The number of fused-ring (bicyclic) bond motifs is 3. The summed E-state index contributed by atoms with van der Waals surface area (Å²) in [5, 5.41) is 1.91. The molecule has 0 bridgehead atoms. The van der Waals surface area contributed by atoms with Crippen LogP contribution in [0, 0.1) is 0 Å². The molecule has 82 valence electrons. The third-order valence-corrected chi connectivity index (χ3v) is 3.28. The maximum absolute atomic E-state index is 11.3. The van der Waals surface area contributed by atoms with E-state index in [4.69, 9.17) is 4.74 Å². The van der Waals surface area contributed by atoms with Gasteiger partial charge in [0.25, 0.3) is 0 Å². The fraction of sp³-hybridized carbons (Fsp3) is 0. The van der Waals surface area contributed by atoms with E-state index in [-0.39, 0.29) is 5.97 Å². The molecule has 0 spiro atoms. The first-order valence-corrected chi connectivity index (χ1v) is 5.90. The van der Waals surface area contributed by atoms with Crippen LogP contribution in [0.5, 0.6) is 5.75 Å². The molecule has 0 radical (unpaired) electrons. The lowest BCUT2D eigenvalue weighted by molar-refractivity contribution is 0.0662. The second kappa shape index (κ2) is 2.92. The van der Waals surface area contributed by atoms with Crippen molar-refractivity contribution in [1.29, 1.82) is 0 Å². The Bertz CT molecular complexity index is 746. The van der Waals surface area contributed by atoms with Gasteiger partial charge in [-0.05, 0) is 12.1 Å². The average Bonchev–Trinajstić information content (AvgIpc) is 2.93. The fourth-order valence-electron chi connectivity index (χ4n) is 1.89. The molecule has 1 aromatic carbocycles. The van der Waals surface area contributed by atoms with E-state index in [9.17, 15) is 4.79 Å². The number of H-pyrrole nitrogens is 1. The van der Waals surface area contributed by atoms with Gasteiger partial charge in [-0.15, -0.1) is 11.3 Å². The number of carbonyl (C=O) groups is 1. The van der Waals surface area contributed by atoms with Crippen molar-refractivity contribution in [1.82, 2.24) is 15.0 Å². The van der Waals surface area contributed by atoms with Crippen LogP contribution in [0.15, 0.2) is 23.0 Å². The molecule has 0 saturated heterocycles. The van der Waals surface area contributed by atoms with Gasteiger partial charge >= 0.3 is 5.97 Å². The lowest BCUT2D eigenvalue weighted by Crippen LogP contribution is -2.21. The van der Waals surface area contributed by atoms with Crippen LogP contribution in [0.3, 0.4) is 0 Å².